The van der Waals surface area contributed by atoms with E-state index in [1.807, 2.05) is 6.92 Å². The van der Waals surface area contributed by atoms with Crippen molar-refractivity contribution in [2.75, 3.05) is 12.3 Å². The normalized spacial score (nSPS) is 10.4. The van der Waals surface area contributed by atoms with E-state index >= 15 is 0 Å². The molecule has 0 atom stereocenters. The number of nitrogens with one attached hydrogen (secondary N) is 1. The van der Waals surface area contributed by atoms with Crippen molar-refractivity contribution in [1.82, 2.24) is 10.3 Å². The first kappa shape index (κ1) is 10.2. The van der Waals surface area contributed by atoms with Gasteiger partial charge in [0, 0.05) is 18.8 Å². The Morgan fingerprint density at radius 2 is 2.43 bits per heavy atom. The lowest BCUT2D eigenvalue weighted by Crippen LogP contribution is -2.19. The lowest BCUT2D eigenvalue weighted by atomic mass is 10.2. The number of likely N-dealkylation sites (N-methyl/N-ethyl adjacent to an activating group) is 1. The summed E-state index contributed by atoms with van der Waals surface area (Å²) in [6.45, 7) is 2.50. The van der Waals surface area contributed by atoms with Gasteiger partial charge in [-0.1, -0.05) is 0 Å². The molecule has 74 valence electrons. The summed E-state index contributed by atoms with van der Waals surface area (Å²) in [7, 11) is 0. The summed E-state index contributed by atoms with van der Waals surface area (Å²) in [5.41, 5.74) is 6.27. The number of carbonyl (C=O) groups is 1. The zero-order valence-corrected chi connectivity index (χ0v) is 8.03. The smallest absolute Gasteiger partial charge is 0.243 e. The number of aromatic nitrogens is 1. The van der Waals surface area contributed by atoms with Gasteiger partial charge >= 0.3 is 0 Å². The van der Waals surface area contributed by atoms with Crippen LogP contribution in [0, 0.1) is 0 Å². The van der Waals surface area contributed by atoms with Crippen LogP contribution in [0.1, 0.15) is 12.5 Å². The van der Waals surface area contributed by atoms with Crippen molar-refractivity contribution < 1.29 is 4.79 Å². The van der Waals surface area contributed by atoms with Crippen LogP contribution in [-0.4, -0.2) is 17.4 Å². The molecule has 14 heavy (non-hydrogen) atoms. The molecule has 0 aliphatic heterocycles. The van der Waals surface area contributed by atoms with E-state index in [0.29, 0.717) is 12.4 Å². The molecule has 1 amide bonds. The van der Waals surface area contributed by atoms with E-state index in [0.717, 1.165) is 5.56 Å². The third-order valence-electron chi connectivity index (χ3n) is 1.59. The van der Waals surface area contributed by atoms with Crippen LogP contribution in [0.4, 0.5) is 5.82 Å². The van der Waals surface area contributed by atoms with Crippen LogP contribution >= 0.6 is 0 Å². The minimum atomic E-state index is -0.107. The number of hydrogen-bond acceptors (Lipinski definition) is 3. The molecule has 0 aliphatic carbocycles. The lowest BCUT2D eigenvalue weighted by Gasteiger charge is -1.95. The molecule has 0 aliphatic rings. The van der Waals surface area contributed by atoms with Crippen LogP contribution in [-0.2, 0) is 4.79 Å². The van der Waals surface area contributed by atoms with Gasteiger partial charge in [-0.2, -0.15) is 0 Å². The van der Waals surface area contributed by atoms with Gasteiger partial charge in [-0.25, -0.2) is 4.98 Å². The van der Waals surface area contributed by atoms with Crippen molar-refractivity contribution in [2.45, 2.75) is 6.92 Å². The minimum absolute atomic E-state index is 0.107. The van der Waals surface area contributed by atoms with Gasteiger partial charge in [-0.15, -0.1) is 0 Å². The Morgan fingerprint density at radius 1 is 1.64 bits per heavy atom. The number of pyridine rings is 1. The fourth-order valence-electron chi connectivity index (χ4n) is 0.920. The van der Waals surface area contributed by atoms with Gasteiger partial charge in [-0.05, 0) is 30.7 Å². The van der Waals surface area contributed by atoms with E-state index in [1.54, 1.807) is 24.4 Å². The van der Waals surface area contributed by atoms with Crippen molar-refractivity contribution >= 4 is 17.8 Å². The lowest BCUT2D eigenvalue weighted by molar-refractivity contribution is -0.116. The first-order valence-electron chi connectivity index (χ1n) is 4.40. The average molecular weight is 191 g/mol. The third-order valence-corrected chi connectivity index (χ3v) is 1.59. The SMILES string of the molecule is CCNC(=O)C=Cc1ccc(N)nc1. The summed E-state index contributed by atoms with van der Waals surface area (Å²) in [6, 6.07) is 3.50. The Kier molecular flexibility index (Phi) is 3.67. The highest BCUT2D eigenvalue weighted by Crippen LogP contribution is 2.02. The summed E-state index contributed by atoms with van der Waals surface area (Å²) in [5.74, 6) is 0.365. The van der Waals surface area contributed by atoms with Crippen LogP contribution in [0.25, 0.3) is 6.08 Å². The Morgan fingerprint density at radius 3 is 3.00 bits per heavy atom. The molecule has 1 aromatic heterocycles. The van der Waals surface area contributed by atoms with Gasteiger partial charge in [0.15, 0.2) is 0 Å². The second kappa shape index (κ2) is 5.01. The second-order valence-corrected chi connectivity index (χ2v) is 2.74. The summed E-state index contributed by atoms with van der Waals surface area (Å²) < 4.78 is 0. The monoisotopic (exact) mass is 191 g/mol. The predicted molar refractivity (Wildman–Crippen MR) is 56.4 cm³/mol. The molecule has 0 spiro atoms. The Labute approximate surface area is 82.8 Å². The molecule has 3 N–H and O–H groups in total. The molecule has 0 aromatic carbocycles. The van der Waals surface area contributed by atoms with Crippen LogP contribution in [0.5, 0.6) is 0 Å². The molecule has 0 bridgehead atoms. The topological polar surface area (TPSA) is 68.0 Å². The molecule has 1 rings (SSSR count). The zero-order chi connectivity index (χ0) is 10.4. The van der Waals surface area contributed by atoms with E-state index in [2.05, 4.69) is 10.3 Å². The molecule has 0 radical (unpaired) electrons. The predicted octanol–water partition coefficient (Wildman–Crippen LogP) is 0.813. The number of nitrogens with zero attached hydrogens (tertiary/aromatic N) is 1. The number of amides is 1. The first-order valence-corrected chi connectivity index (χ1v) is 4.40. The zero-order valence-electron chi connectivity index (χ0n) is 8.03. The number of rotatable bonds is 3. The van der Waals surface area contributed by atoms with Crippen molar-refractivity contribution in [3.63, 3.8) is 0 Å². The highest BCUT2D eigenvalue weighted by Gasteiger charge is 1.92. The molecule has 0 saturated heterocycles. The fraction of sp³-hybridized carbons (Fsp3) is 0.200. The standard InChI is InChI=1S/C10H13N3O/c1-2-12-10(14)6-4-8-3-5-9(11)13-7-8/h3-7H,2H2,1H3,(H2,11,13)(H,12,14). The molecule has 1 heterocycles. The molecule has 0 saturated carbocycles. The Balaban J connectivity index is 2.60. The number of nitrogens with two attached hydrogens (primary N) is 1. The fourth-order valence-corrected chi connectivity index (χ4v) is 0.920. The van der Waals surface area contributed by atoms with Crippen molar-refractivity contribution in [3.8, 4) is 0 Å². The quantitative estimate of drug-likeness (QED) is 0.695. The van der Waals surface area contributed by atoms with Gasteiger partial charge in [0.25, 0.3) is 0 Å². The summed E-state index contributed by atoms with van der Waals surface area (Å²) in [5, 5.41) is 2.66. The van der Waals surface area contributed by atoms with Crippen LogP contribution in [0.3, 0.4) is 0 Å². The molecule has 1 aromatic rings. The van der Waals surface area contributed by atoms with Gasteiger partial charge in [0.1, 0.15) is 5.82 Å². The van der Waals surface area contributed by atoms with E-state index < -0.39 is 0 Å². The van der Waals surface area contributed by atoms with Crippen molar-refractivity contribution in [1.29, 1.82) is 0 Å². The largest absolute Gasteiger partial charge is 0.384 e. The van der Waals surface area contributed by atoms with Gasteiger partial charge in [0.05, 0.1) is 0 Å². The molecule has 4 nitrogen and oxygen atoms in total. The molecule has 0 unspecified atom stereocenters. The first-order chi connectivity index (χ1) is 6.72. The maximum atomic E-state index is 11.0. The van der Waals surface area contributed by atoms with Crippen LogP contribution in [0.15, 0.2) is 24.4 Å². The minimum Gasteiger partial charge on any atom is -0.384 e. The number of nitrogen functional groups attached to an aromatic ring is 1. The molecular formula is C10H13N3O. The molecule has 0 fully saturated rings. The summed E-state index contributed by atoms with van der Waals surface area (Å²) in [6.07, 6.45) is 4.78. The van der Waals surface area contributed by atoms with Crippen LogP contribution in [0.2, 0.25) is 0 Å². The van der Waals surface area contributed by atoms with E-state index in [9.17, 15) is 4.79 Å². The maximum Gasteiger partial charge on any atom is 0.243 e. The van der Waals surface area contributed by atoms with E-state index in [4.69, 9.17) is 5.73 Å². The highest BCUT2D eigenvalue weighted by atomic mass is 16.1. The summed E-state index contributed by atoms with van der Waals surface area (Å²) in [4.78, 5) is 14.9. The van der Waals surface area contributed by atoms with Crippen LogP contribution < -0.4 is 11.1 Å². The number of hydrogen-bond donors (Lipinski definition) is 2. The van der Waals surface area contributed by atoms with Crippen molar-refractivity contribution in [3.05, 3.63) is 30.0 Å². The Bertz CT molecular complexity index is 330. The van der Waals surface area contributed by atoms with E-state index in [1.165, 1.54) is 6.08 Å². The number of anilines is 1. The van der Waals surface area contributed by atoms with Gasteiger partial charge in [0.2, 0.25) is 5.91 Å². The molecule has 4 heteroatoms. The Hall–Kier alpha value is -1.84. The van der Waals surface area contributed by atoms with Gasteiger partial charge in [-0.3, -0.25) is 4.79 Å². The summed E-state index contributed by atoms with van der Waals surface area (Å²) >= 11 is 0. The van der Waals surface area contributed by atoms with Crippen molar-refractivity contribution in [2.24, 2.45) is 0 Å². The molecular weight excluding hydrogens is 178 g/mol. The average Bonchev–Trinajstić information content (AvgIpc) is 2.17. The second-order valence-electron chi connectivity index (χ2n) is 2.74. The third kappa shape index (κ3) is 3.26. The van der Waals surface area contributed by atoms with E-state index in [-0.39, 0.29) is 5.91 Å². The van der Waals surface area contributed by atoms with Gasteiger partial charge < -0.3 is 11.1 Å². The highest BCUT2D eigenvalue weighted by molar-refractivity contribution is 5.91. The maximum absolute atomic E-state index is 11.0. The number of carbonyl (C=O) groups excluding carboxylic acids is 1.